The van der Waals surface area contributed by atoms with Gasteiger partial charge >= 0.3 is 0 Å². The van der Waals surface area contributed by atoms with E-state index in [1.54, 1.807) is 11.3 Å². The van der Waals surface area contributed by atoms with Crippen LogP contribution in [0.25, 0.3) is 0 Å². The normalized spacial score (nSPS) is 13.4. The van der Waals surface area contributed by atoms with Crippen LogP contribution >= 0.6 is 11.3 Å². The lowest BCUT2D eigenvalue weighted by Gasteiger charge is -2.20. The van der Waals surface area contributed by atoms with Crippen molar-refractivity contribution in [2.45, 2.75) is 52.5 Å². The molecule has 3 heteroatoms. The van der Waals surface area contributed by atoms with Crippen LogP contribution in [0.3, 0.4) is 0 Å². The second-order valence-electron chi connectivity index (χ2n) is 6.73. The number of thiazole rings is 1. The van der Waals surface area contributed by atoms with Crippen LogP contribution in [-0.2, 0) is 11.8 Å². The molecule has 1 aromatic carbocycles. The quantitative estimate of drug-likeness (QED) is 0.895. The minimum atomic E-state index is 0.127. The van der Waals surface area contributed by atoms with E-state index in [0.29, 0.717) is 6.04 Å². The highest BCUT2D eigenvalue weighted by molar-refractivity contribution is 7.09. The smallest absolute Gasteiger partial charge is 0.0947 e. The summed E-state index contributed by atoms with van der Waals surface area (Å²) in [6, 6.07) is 6.83. The molecule has 2 nitrogen and oxygen atoms in total. The molecule has 0 amide bonds. The fourth-order valence-corrected chi connectivity index (χ4v) is 3.72. The molecule has 114 valence electrons. The number of rotatable bonds is 4. The van der Waals surface area contributed by atoms with Gasteiger partial charge in [0, 0.05) is 23.3 Å². The zero-order chi connectivity index (χ0) is 15.6. The Morgan fingerprint density at radius 1 is 1.19 bits per heavy atom. The van der Waals surface area contributed by atoms with Crippen molar-refractivity contribution in [1.29, 1.82) is 0 Å². The molecule has 0 saturated heterocycles. The van der Waals surface area contributed by atoms with Crippen molar-refractivity contribution >= 4 is 11.3 Å². The van der Waals surface area contributed by atoms with Crippen LogP contribution in [0.5, 0.6) is 0 Å². The standard InChI is InChI=1S/C18H26N2S/c1-12-8-7-9-13(2)17(12)14(19-6)10-16-20-15(11-21-16)18(3,4)5/h7-9,11,14,19H,10H2,1-6H3. The summed E-state index contributed by atoms with van der Waals surface area (Å²) in [5.74, 6) is 0. The van der Waals surface area contributed by atoms with Gasteiger partial charge in [-0.15, -0.1) is 11.3 Å². The lowest BCUT2D eigenvalue weighted by Crippen LogP contribution is -2.21. The molecule has 1 aromatic heterocycles. The minimum Gasteiger partial charge on any atom is -0.313 e. The van der Waals surface area contributed by atoms with E-state index in [1.165, 1.54) is 27.4 Å². The monoisotopic (exact) mass is 302 g/mol. The first kappa shape index (κ1) is 16.2. The predicted molar refractivity (Wildman–Crippen MR) is 92.2 cm³/mol. The van der Waals surface area contributed by atoms with Crippen molar-refractivity contribution in [1.82, 2.24) is 10.3 Å². The number of benzene rings is 1. The van der Waals surface area contributed by atoms with Gasteiger partial charge in [0.15, 0.2) is 0 Å². The molecule has 1 atom stereocenters. The highest BCUT2D eigenvalue weighted by Crippen LogP contribution is 2.29. The van der Waals surface area contributed by atoms with E-state index in [-0.39, 0.29) is 5.41 Å². The lowest BCUT2D eigenvalue weighted by atomic mass is 9.93. The van der Waals surface area contributed by atoms with Gasteiger partial charge in [-0.05, 0) is 37.6 Å². The molecular formula is C18H26N2S. The Morgan fingerprint density at radius 2 is 1.81 bits per heavy atom. The summed E-state index contributed by atoms with van der Waals surface area (Å²) in [5, 5.41) is 6.87. The molecular weight excluding hydrogens is 276 g/mol. The molecule has 0 aliphatic heterocycles. The van der Waals surface area contributed by atoms with Crippen LogP contribution in [0.15, 0.2) is 23.6 Å². The highest BCUT2D eigenvalue weighted by Gasteiger charge is 2.20. The molecule has 1 heterocycles. The van der Waals surface area contributed by atoms with Gasteiger partial charge in [-0.2, -0.15) is 0 Å². The topological polar surface area (TPSA) is 24.9 Å². The first-order valence-electron chi connectivity index (χ1n) is 7.51. The number of aryl methyl sites for hydroxylation is 2. The summed E-state index contributed by atoms with van der Waals surface area (Å²) < 4.78 is 0. The summed E-state index contributed by atoms with van der Waals surface area (Å²) in [4.78, 5) is 4.83. The maximum Gasteiger partial charge on any atom is 0.0947 e. The van der Waals surface area contributed by atoms with Crippen LogP contribution in [0, 0.1) is 13.8 Å². The maximum absolute atomic E-state index is 4.83. The fraction of sp³-hybridized carbons (Fsp3) is 0.500. The predicted octanol–water partition coefficient (Wildman–Crippen LogP) is 4.56. The molecule has 0 spiro atoms. The van der Waals surface area contributed by atoms with Gasteiger partial charge in [0.05, 0.1) is 10.7 Å². The van der Waals surface area contributed by atoms with Gasteiger partial charge in [0.2, 0.25) is 0 Å². The van der Waals surface area contributed by atoms with Crippen molar-refractivity contribution in [2.75, 3.05) is 7.05 Å². The molecule has 0 aliphatic rings. The van der Waals surface area contributed by atoms with Gasteiger partial charge in [-0.3, -0.25) is 0 Å². The highest BCUT2D eigenvalue weighted by atomic mass is 32.1. The summed E-state index contributed by atoms with van der Waals surface area (Å²) >= 11 is 1.78. The summed E-state index contributed by atoms with van der Waals surface area (Å²) in [7, 11) is 2.04. The molecule has 0 radical (unpaired) electrons. The minimum absolute atomic E-state index is 0.127. The molecule has 1 unspecified atom stereocenters. The number of hydrogen-bond donors (Lipinski definition) is 1. The first-order valence-corrected chi connectivity index (χ1v) is 8.39. The summed E-state index contributed by atoms with van der Waals surface area (Å²) in [6.45, 7) is 11.0. The number of likely N-dealkylation sites (N-methyl/N-ethyl adjacent to an activating group) is 1. The van der Waals surface area contributed by atoms with Gasteiger partial charge in [-0.25, -0.2) is 4.98 Å². The maximum atomic E-state index is 4.83. The third kappa shape index (κ3) is 3.72. The van der Waals surface area contributed by atoms with Crippen molar-refractivity contribution in [3.63, 3.8) is 0 Å². The largest absolute Gasteiger partial charge is 0.313 e. The zero-order valence-electron chi connectivity index (χ0n) is 13.9. The molecule has 2 rings (SSSR count). The Labute approximate surface area is 132 Å². The zero-order valence-corrected chi connectivity index (χ0v) is 14.8. The van der Waals surface area contributed by atoms with Crippen molar-refractivity contribution in [3.05, 3.63) is 51.0 Å². The van der Waals surface area contributed by atoms with Gasteiger partial charge < -0.3 is 5.32 Å². The Hall–Kier alpha value is -1.19. The summed E-state index contributed by atoms with van der Waals surface area (Å²) in [5.41, 5.74) is 5.43. The Morgan fingerprint density at radius 3 is 2.29 bits per heavy atom. The number of nitrogens with one attached hydrogen (secondary N) is 1. The Balaban J connectivity index is 2.26. The SMILES string of the molecule is CNC(Cc1nc(C(C)(C)C)cs1)c1c(C)cccc1C. The van der Waals surface area contributed by atoms with E-state index < -0.39 is 0 Å². The van der Waals surface area contributed by atoms with Crippen molar-refractivity contribution in [2.24, 2.45) is 0 Å². The van der Waals surface area contributed by atoms with E-state index in [2.05, 4.69) is 63.5 Å². The number of aromatic nitrogens is 1. The molecule has 21 heavy (non-hydrogen) atoms. The molecule has 1 N–H and O–H groups in total. The van der Waals surface area contributed by atoms with E-state index in [1.807, 2.05) is 7.05 Å². The van der Waals surface area contributed by atoms with Crippen LogP contribution in [-0.4, -0.2) is 12.0 Å². The van der Waals surface area contributed by atoms with E-state index >= 15 is 0 Å². The number of nitrogens with zero attached hydrogens (tertiary/aromatic N) is 1. The van der Waals surface area contributed by atoms with Crippen LogP contribution in [0.1, 0.15) is 54.2 Å². The van der Waals surface area contributed by atoms with Crippen LogP contribution in [0.2, 0.25) is 0 Å². The third-order valence-corrected chi connectivity index (χ3v) is 4.81. The van der Waals surface area contributed by atoms with Gasteiger partial charge in [-0.1, -0.05) is 39.0 Å². The van der Waals surface area contributed by atoms with Gasteiger partial charge in [0.25, 0.3) is 0 Å². The van der Waals surface area contributed by atoms with Crippen LogP contribution in [0.4, 0.5) is 0 Å². The van der Waals surface area contributed by atoms with Crippen molar-refractivity contribution in [3.8, 4) is 0 Å². The van der Waals surface area contributed by atoms with Gasteiger partial charge in [0.1, 0.15) is 0 Å². The average molecular weight is 302 g/mol. The second-order valence-corrected chi connectivity index (χ2v) is 7.67. The fourth-order valence-electron chi connectivity index (χ4n) is 2.65. The number of hydrogen-bond acceptors (Lipinski definition) is 3. The van der Waals surface area contributed by atoms with E-state index in [4.69, 9.17) is 4.98 Å². The lowest BCUT2D eigenvalue weighted by molar-refractivity contribution is 0.558. The second kappa shape index (κ2) is 6.29. The average Bonchev–Trinajstić information content (AvgIpc) is 2.85. The molecule has 2 aromatic rings. The Bertz CT molecular complexity index is 588. The molecule has 0 saturated carbocycles. The molecule has 0 fully saturated rings. The van der Waals surface area contributed by atoms with Crippen LogP contribution < -0.4 is 5.32 Å². The molecule has 0 bridgehead atoms. The van der Waals surface area contributed by atoms with E-state index in [9.17, 15) is 0 Å². The van der Waals surface area contributed by atoms with E-state index in [0.717, 1.165) is 6.42 Å². The van der Waals surface area contributed by atoms with Crippen molar-refractivity contribution < 1.29 is 0 Å². The summed E-state index contributed by atoms with van der Waals surface area (Å²) in [6.07, 6.45) is 0.947. The third-order valence-electron chi connectivity index (χ3n) is 3.94. The first-order chi connectivity index (χ1) is 9.82. The molecule has 0 aliphatic carbocycles. The Kier molecular flexibility index (Phi) is 4.84.